The van der Waals surface area contributed by atoms with E-state index in [-0.39, 0.29) is 23.9 Å². The predicted molar refractivity (Wildman–Crippen MR) is 113 cm³/mol. The van der Waals surface area contributed by atoms with Crippen LogP contribution in [0.1, 0.15) is 29.0 Å². The molecule has 4 heterocycles. The van der Waals surface area contributed by atoms with Gasteiger partial charge in [-0.2, -0.15) is 0 Å². The molecule has 0 unspecified atom stereocenters. The third-order valence-electron chi connectivity index (χ3n) is 5.34. The van der Waals surface area contributed by atoms with Crippen molar-refractivity contribution in [3.63, 3.8) is 0 Å². The molecule has 2 saturated heterocycles. The van der Waals surface area contributed by atoms with Crippen molar-refractivity contribution in [3.05, 3.63) is 34.9 Å². The molecule has 160 valence electrons. The lowest BCUT2D eigenvalue weighted by molar-refractivity contribution is 0.0913. The summed E-state index contributed by atoms with van der Waals surface area (Å²) in [5.74, 6) is 1.79. The van der Waals surface area contributed by atoms with Gasteiger partial charge in [-0.05, 0) is 13.0 Å². The van der Waals surface area contributed by atoms with Crippen molar-refractivity contribution in [2.24, 2.45) is 0 Å². The van der Waals surface area contributed by atoms with Crippen LogP contribution in [0.25, 0.3) is 0 Å². The van der Waals surface area contributed by atoms with Crippen LogP contribution in [0, 0.1) is 6.92 Å². The minimum absolute atomic E-state index is 0.0861. The van der Waals surface area contributed by atoms with Crippen molar-refractivity contribution in [3.8, 4) is 11.6 Å². The summed E-state index contributed by atoms with van der Waals surface area (Å²) >= 11 is 6.32. The van der Waals surface area contributed by atoms with E-state index in [0.29, 0.717) is 16.9 Å². The van der Waals surface area contributed by atoms with Crippen LogP contribution in [0.4, 0.5) is 5.82 Å². The Morgan fingerprint density at radius 1 is 1.27 bits per heavy atom. The minimum Gasteiger partial charge on any atom is -0.489 e. The first-order valence-corrected chi connectivity index (χ1v) is 10.4. The summed E-state index contributed by atoms with van der Waals surface area (Å²) in [5, 5.41) is 6.34. The van der Waals surface area contributed by atoms with Crippen LogP contribution in [0.5, 0.6) is 11.6 Å². The number of pyridine rings is 1. The first-order valence-electron chi connectivity index (χ1n) is 10.0. The molecule has 0 atom stereocenters. The SMILES string of the molecule is COc1ccc(OC2CCN(c3nc(C(=O)NC4CNC4)nc(Cl)c3C)CC2)cn1. The Kier molecular flexibility index (Phi) is 6.19. The van der Waals surface area contributed by atoms with Gasteiger partial charge in [-0.1, -0.05) is 11.6 Å². The lowest BCUT2D eigenvalue weighted by Gasteiger charge is -2.34. The van der Waals surface area contributed by atoms with Crippen molar-refractivity contribution in [2.75, 3.05) is 38.2 Å². The molecule has 0 aliphatic carbocycles. The summed E-state index contributed by atoms with van der Waals surface area (Å²) in [6.45, 7) is 4.89. The van der Waals surface area contributed by atoms with E-state index in [1.165, 1.54) is 0 Å². The summed E-state index contributed by atoms with van der Waals surface area (Å²) in [6.07, 6.45) is 3.40. The predicted octanol–water partition coefficient (Wildman–Crippen LogP) is 1.59. The highest BCUT2D eigenvalue weighted by Crippen LogP contribution is 2.27. The maximum absolute atomic E-state index is 12.5. The number of hydrogen-bond donors (Lipinski definition) is 2. The van der Waals surface area contributed by atoms with E-state index >= 15 is 0 Å². The molecular weight excluding hydrogens is 408 g/mol. The fourth-order valence-corrected chi connectivity index (χ4v) is 3.63. The Labute approximate surface area is 180 Å². The second-order valence-corrected chi connectivity index (χ2v) is 7.81. The molecule has 10 heteroatoms. The van der Waals surface area contributed by atoms with Crippen molar-refractivity contribution in [1.29, 1.82) is 0 Å². The first-order chi connectivity index (χ1) is 14.5. The number of aromatic nitrogens is 3. The van der Waals surface area contributed by atoms with Gasteiger partial charge >= 0.3 is 0 Å². The van der Waals surface area contributed by atoms with Gasteiger partial charge in [0, 0.05) is 50.7 Å². The molecule has 9 nitrogen and oxygen atoms in total. The Morgan fingerprint density at radius 2 is 2.03 bits per heavy atom. The van der Waals surface area contributed by atoms with Crippen LogP contribution in [-0.2, 0) is 0 Å². The second-order valence-electron chi connectivity index (χ2n) is 7.46. The fraction of sp³-hybridized carbons (Fsp3) is 0.500. The molecule has 0 spiro atoms. The highest BCUT2D eigenvalue weighted by Gasteiger charge is 2.26. The number of amides is 1. The molecule has 2 aromatic rings. The van der Waals surface area contributed by atoms with Crippen LogP contribution in [0.15, 0.2) is 18.3 Å². The highest BCUT2D eigenvalue weighted by atomic mass is 35.5. The van der Waals surface area contributed by atoms with Crippen LogP contribution in [0.3, 0.4) is 0 Å². The van der Waals surface area contributed by atoms with Gasteiger partial charge in [0.05, 0.1) is 19.3 Å². The van der Waals surface area contributed by atoms with Crippen molar-refractivity contribution in [1.82, 2.24) is 25.6 Å². The summed E-state index contributed by atoms with van der Waals surface area (Å²) < 4.78 is 11.1. The molecule has 1 amide bonds. The van der Waals surface area contributed by atoms with Gasteiger partial charge in [-0.15, -0.1) is 0 Å². The zero-order chi connectivity index (χ0) is 21.1. The van der Waals surface area contributed by atoms with E-state index in [1.54, 1.807) is 19.4 Å². The smallest absolute Gasteiger partial charge is 0.289 e. The number of piperidine rings is 1. The third kappa shape index (κ3) is 4.57. The fourth-order valence-electron chi connectivity index (χ4n) is 3.46. The van der Waals surface area contributed by atoms with Crippen LogP contribution in [0.2, 0.25) is 5.15 Å². The summed E-state index contributed by atoms with van der Waals surface area (Å²) in [5.41, 5.74) is 0.775. The molecule has 0 aromatic carbocycles. The summed E-state index contributed by atoms with van der Waals surface area (Å²) in [7, 11) is 1.58. The normalized spacial score (nSPS) is 17.4. The molecule has 0 saturated carbocycles. The molecular formula is C20H25ClN6O3. The standard InChI is InChI=1S/C20H25ClN6O3/c1-12-17(21)25-18(20(28)24-13-9-22-10-13)26-19(12)27-7-5-14(6-8-27)30-15-3-4-16(29-2)23-11-15/h3-4,11,13-14,22H,5-10H2,1-2H3,(H,24,28). The number of anilines is 1. The van der Waals surface area contributed by atoms with E-state index in [2.05, 4.69) is 30.5 Å². The van der Waals surface area contributed by atoms with Crippen molar-refractivity contribution >= 4 is 23.3 Å². The first kappa shape index (κ1) is 20.6. The second kappa shape index (κ2) is 9.01. The van der Waals surface area contributed by atoms with Crippen molar-refractivity contribution < 1.29 is 14.3 Å². The molecule has 2 aliphatic rings. The monoisotopic (exact) mass is 432 g/mol. The van der Waals surface area contributed by atoms with Crippen LogP contribution in [-0.4, -0.2) is 66.3 Å². The van der Waals surface area contributed by atoms with E-state index < -0.39 is 0 Å². The van der Waals surface area contributed by atoms with Crippen molar-refractivity contribution in [2.45, 2.75) is 31.9 Å². The Balaban J connectivity index is 1.40. The quantitative estimate of drug-likeness (QED) is 0.663. The molecule has 0 radical (unpaired) electrons. The Morgan fingerprint density at radius 3 is 2.63 bits per heavy atom. The number of nitrogens with one attached hydrogen (secondary N) is 2. The van der Waals surface area contributed by atoms with E-state index in [9.17, 15) is 4.79 Å². The van der Waals surface area contributed by atoms with Gasteiger partial charge in [0.2, 0.25) is 11.7 Å². The maximum atomic E-state index is 12.5. The minimum atomic E-state index is -0.296. The molecule has 30 heavy (non-hydrogen) atoms. The van der Waals surface area contributed by atoms with Gasteiger partial charge in [0.25, 0.3) is 5.91 Å². The number of nitrogens with zero attached hydrogens (tertiary/aromatic N) is 4. The summed E-state index contributed by atoms with van der Waals surface area (Å²) in [4.78, 5) is 27.5. The number of carbonyl (C=O) groups excluding carboxylic acids is 1. The number of ether oxygens (including phenoxy) is 2. The van der Waals surface area contributed by atoms with Gasteiger partial charge in [-0.3, -0.25) is 4.79 Å². The third-order valence-corrected chi connectivity index (χ3v) is 5.71. The number of carbonyl (C=O) groups is 1. The molecule has 0 bridgehead atoms. The zero-order valence-electron chi connectivity index (χ0n) is 17.0. The van der Waals surface area contributed by atoms with Gasteiger partial charge in [0.1, 0.15) is 22.8 Å². The Hall–Kier alpha value is -2.65. The lowest BCUT2D eigenvalue weighted by Crippen LogP contribution is -2.57. The molecule has 2 N–H and O–H groups in total. The maximum Gasteiger partial charge on any atom is 0.289 e. The molecule has 4 rings (SSSR count). The molecule has 2 aromatic heterocycles. The number of hydrogen-bond acceptors (Lipinski definition) is 8. The largest absolute Gasteiger partial charge is 0.489 e. The highest BCUT2D eigenvalue weighted by molar-refractivity contribution is 6.30. The number of methoxy groups -OCH3 is 1. The van der Waals surface area contributed by atoms with Gasteiger partial charge in [0.15, 0.2) is 0 Å². The molecule has 2 fully saturated rings. The van der Waals surface area contributed by atoms with Gasteiger partial charge in [-0.25, -0.2) is 15.0 Å². The Bertz CT molecular complexity index is 898. The average molecular weight is 433 g/mol. The van der Waals surface area contributed by atoms with E-state index in [0.717, 1.165) is 50.3 Å². The number of rotatable bonds is 6. The van der Waals surface area contributed by atoms with E-state index in [4.69, 9.17) is 21.1 Å². The lowest BCUT2D eigenvalue weighted by atomic mass is 10.1. The van der Waals surface area contributed by atoms with E-state index in [1.807, 2.05) is 13.0 Å². The average Bonchev–Trinajstić information content (AvgIpc) is 2.73. The summed E-state index contributed by atoms with van der Waals surface area (Å²) in [6, 6.07) is 3.75. The topological polar surface area (TPSA) is 102 Å². The van der Waals surface area contributed by atoms with Gasteiger partial charge < -0.3 is 25.0 Å². The molecule has 2 aliphatic heterocycles. The van der Waals surface area contributed by atoms with Crippen LogP contribution < -0.4 is 25.0 Å². The van der Waals surface area contributed by atoms with Crippen LogP contribution >= 0.6 is 11.6 Å². The zero-order valence-corrected chi connectivity index (χ0v) is 17.8. The number of halogens is 1.